The fraction of sp³-hybridized carbons (Fsp3) is 0.154. The molecule has 2 aliphatic carbocycles. The second-order valence-electron chi connectivity index (χ2n) is 15.7. The largest absolute Gasteiger partial charge is 0.741 e. The predicted molar refractivity (Wildman–Crippen MR) is 272 cm³/mol. The molecule has 70 heavy (non-hydrogen) atoms. The van der Waals surface area contributed by atoms with Gasteiger partial charge in [0.1, 0.15) is 0 Å². The molecule has 8 aromatic carbocycles. The van der Waals surface area contributed by atoms with E-state index in [9.17, 15) is 26.3 Å². The molecule has 18 heteroatoms. The first-order valence-electron chi connectivity index (χ1n) is 21.2. The van der Waals surface area contributed by atoms with Crippen LogP contribution in [0, 0.1) is 0 Å². The molecule has 0 N–H and O–H groups in total. The van der Waals surface area contributed by atoms with Crippen LogP contribution < -0.4 is 32.3 Å². The van der Waals surface area contributed by atoms with E-state index < -0.39 is 70.4 Å². The van der Waals surface area contributed by atoms with Gasteiger partial charge in [0.25, 0.3) is 0 Å². The molecule has 2 aliphatic rings. The van der Waals surface area contributed by atoms with E-state index in [1.54, 1.807) is 67.2 Å². The number of hydrogen-bond donors (Lipinski definition) is 0. The molecule has 0 saturated carbocycles. The monoisotopic (exact) mass is 1360 g/mol. The van der Waals surface area contributed by atoms with Gasteiger partial charge < -0.3 is 9.11 Å². The summed E-state index contributed by atoms with van der Waals surface area (Å²) in [4.78, 5) is 5.05. The van der Waals surface area contributed by atoms with Gasteiger partial charge in [-0.15, -0.1) is 0 Å². The topological polar surface area (TPSA) is 114 Å². The van der Waals surface area contributed by atoms with Crippen molar-refractivity contribution in [3.63, 3.8) is 0 Å². The van der Waals surface area contributed by atoms with Crippen LogP contribution in [0.5, 0.6) is 0 Å². The molecule has 0 heterocycles. The second kappa shape index (κ2) is 23.0. The van der Waals surface area contributed by atoms with Crippen LogP contribution in [-0.4, -0.2) is 106 Å². The Morgan fingerprint density at radius 1 is 0.400 bits per heavy atom. The molecule has 0 aromatic heterocycles. The van der Waals surface area contributed by atoms with Crippen molar-refractivity contribution in [2.24, 2.45) is 0 Å². The number of halogens is 6. The summed E-state index contributed by atoms with van der Waals surface area (Å²) in [6.45, 7) is 0. The Balaban J connectivity index is 0.000000158. The van der Waals surface area contributed by atoms with Gasteiger partial charge >= 0.3 is 362 Å². The Bertz CT molecular complexity index is 3090. The minimum atomic E-state index is -6.09. The minimum Gasteiger partial charge on any atom is -0.741 e. The second-order valence-corrected chi connectivity index (χ2v) is 34.1. The van der Waals surface area contributed by atoms with E-state index in [0.29, 0.717) is 29.9 Å². The van der Waals surface area contributed by atoms with Gasteiger partial charge in [-0.25, -0.2) is 16.8 Å². The molecule has 0 radical (unpaired) electrons. The molecular formula is C52H42F6O6S2Se2Te2. The van der Waals surface area contributed by atoms with Crippen LogP contribution in [-0.2, 0) is 45.9 Å². The third kappa shape index (κ3) is 13.1. The maximum Gasteiger partial charge on any atom is 0.485 e. The van der Waals surface area contributed by atoms with Gasteiger partial charge in [-0.1, -0.05) is 0 Å². The molecule has 0 saturated heterocycles. The fourth-order valence-corrected chi connectivity index (χ4v) is 22.2. The van der Waals surface area contributed by atoms with E-state index in [1.165, 1.54) is 34.6 Å². The van der Waals surface area contributed by atoms with Crippen molar-refractivity contribution in [2.75, 3.05) is 0 Å². The normalized spacial score (nSPS) is 13.1. The van der Waals surface area contributed by atoms with Crippen molar-refractivity contribution >= 4 is 143 Å². The first-order chi connectivity index (χ1) is 33.1. The van der Waals surface area contributed by atoms with Crippen LogP contribution in [0.25, 0.3) is 21.5 Å². The Kier molecular flexibility index (Phi) is 17.8. The number of aryl methyl sites for hydroxylation is 4. The Morgan fingerprint density at radius 3 is 0.929 bits per heavy atom. The van der Waals surface area contributed by atoms with Crippen molar-refractivity contribution in [1.29, 1.82) is 0 Å². The van der Waals surface area contributed by atoms with Crippen molar-refractivity contribution in [3.05, 3.63) is 192 Å². The van der Waals surface area contributed by atoms with Crippen LogP contribution >= 0.6 is 0 Å². The number of benzene rings is 8. The number of hydrogen-bond acceptors (Lipinski definition) is 6. The third-order valence-corrected chi connectivity index (χ3v) is 28.1. The average Bonchev–Trinajstić information content (AvgIpc) is 3.96. The summed E-state index contributed by atoms with van der Waals surface area (Å²) in [5.41, 5.74) is -5.04. The van der Waals surface area contributed by atoms with E-state index in [1.807, 2.05) is 0 Å². The number of alkyl halides is 6. The van der Waals surface area contributed by atoms with Gasteiger partial charge in [0, 0.05) is 0 Å². The summed E-state index contributed by atoms with van der Waals surface area (Å²) >= 11 is -2.43. The van der Waals surface area contributed by atoms with E-state index in [-0.39, 0.29) is 0 Å². The van der Waals surface area contributed by atoms with E-state index >= 15 is 0 Å². The molecule has 364 valence electrons. The zero-order valence-electron chi connectivity index (χ0n) is 37.2. The summed E-state index contributed by atoms with van der Waals surface area (Å²) < 4.78 is 130. The smallest absolute Gasteiger partial charge is 0.485 e. The quantitative estimate of drug-likeness (QED) is 0.0828. The summed E-state index contributed by atoms with van der Waals surface area (Å²) in [6.07, 6.45) is 4.83. The summed E-state index contributed by atoms with van der Waals surface area (Å²) in [5.74, 6) is 0. The summed E-state index contributed by atoms with van der Waals surface area (Å²) in [7, 11) is -12.2. The SMILES string of the molecule is C[Te+](c1ccccc1)c1ccc2c3c(ccc([Se]c4ccccc4)c13)CC2.C[Te+](c1ccccc1)c1ccc2c3c(ccc([Se]c4ccccc4)c13)CC2.O=S(=O)([O-])C(F)(F)F.O=S(=O)([O-])C(F)(F)F. The van der Waals surface area contributed by atoms with Crippen LogP contribution in [0.2, 0.25) is 9.94 Å². The maximum absolute atomic E-state index is 10.7. The first-order valence-corrected chi connectivity index (χ1v) is 36.8. The third-order valence-electron chi connectivity index (χ3n) is 11.2. The Labute approximate surface area is 430 Å². The van der Waals surface area contributed by atoms with Crippen LogP contribution in [0.1, 0.15) is 22.3 Å². The zero-order valence-corrected chi connectivity index (χ0v) is 46.9. The summed E-state index contributed by atoms with van der Waals surface area (Å²) in [5, 5.41) is 6.39. The molecule has 8 aromatic rings. The van der Waals surface area contributed by atoms with Crippen molar-refractivity contribution in [3.8, 4) is 0 Å². The molecule has 10 rings (SSSR count). The van der Waals surface area contributed by atoms with Crippen LogP contribution in [0.3, 0.4) is 0 Å². The molecule has 0 aliphatic heterocycles. The van der Waals surface area contributed by atoms with Crippen LogP contribution in [0.4, 0.5) is 26.3 Å². The first kappa shape index (κ1) is 54.1. The van der Waals surface area contributed by atoms with Gasteiger partial charge in [0.2, 0.25) is 0 Å². The minimum absolute atomic E-state index is 0.353. The molecule has 0 fully saturated rings. The molecule has 0 bridgehead atoms. The number of rotatable bonds is 8. The van der Waals surface area contributed by atoms with Gasteiger partial charge in [0.05, 0.1) is 0 Å². The fourth-order valence-electron chi connectivity index (χ4n) is 7.95. The molecule has 0 atom stereocenters. The van der Waals surface area contributed by atoms with E-state index in [4.69, 9.17) is 25.9 Å². The van der Waals surface area contributed by atoms with Crippen molar-refractivity contribution in [2.45, 2.75) is 46.6 Å². The Morgan fingerprint density at radius 2 is 0.657 bits per heavy atom. The average molecular weight is 1350 g/mol. The molecule has 0 spiro atoms. The van der Waals surface area contributed by atoms with Crippen LogP contribution in [0.15, 0.2) is 170 Å². The Hall–Kier alpha value is -3.70. The zero-order chi connectivity index (χ0) is 50.4. The standard InChI is InChI=1S/2C25H21SeTe.2CHF3O3S/c2*1-27(21-10-6-3-7-11-21)23-17-15-19-13-12-18-14-16-22(25(23)24(18)19)26-20-8-4-2-5-9-20;2*2-1(3,4)8(5,6)7/h2*2-11,14-17H,12-13H2,1H3;2*(H,5,6,7)/q2*+1;;/p-2. The molecular weight excluding hydrogens is 1310 g/mol. The predicted octanol–water partition coefficient (Wildman–Crippen LogP) is 5.77. The maximum atomic E-state index is 10.7. The van der Waals surface area contributed by atoms with Gasteiger partial charge in [-0.05, 0) is 0 Å². The summed E-state index contributed by atoms with van der Waals surface area (Å²) in [6, 6.07) is 63.9. The van der Waals surface area contributed by atoms with E-state index in [2.05, 4.69) is 180 Å². The molecule has 0 unspecified atom stereocenters. The molecule has 0 amide bonds. The van der Waals surface area contributed by atoms with Crippen molar-refractivity contribution < 1.29 is 52.3 Å². The van der Waals surface area contributed by atoms with Crippen molar-refractivity contribution in [1.82, 2.24) is 0 Å². The van der Waals surface area contributed by atoms with E-state index in [0.717, 1.165) is 0 Å². The molecule has 6 nitrogen and oxygen atoms in total. The van der Waals surface area contributed by atoms with Gasteiger partial charge in [0.15, 0.2) is 20.2 Å². The van der Waals surface area contributed by atoms with Gasteiger partial charge in [-0.2, -0.15) is 26.3 Å². The van der Waals surface area contributed by atoms with Gasteiger partial charge in [-0.3, -0.25) is 0 Å².